The number of hydrogen-bond donors (Lipinski definition) is 0. The van der Waals surface area contributed by atoms with Crippen LogP contribution in [-0.2, 0) is 0 Å². The summed E-state index contributed by atoms with van der Waals surface area (Å²) in [6.45, 7) is 4.78. The maximum atomic E-state index is 2.39. The van der Waals surface area contributed by atoms with Gasteiger partial charge in [-0.2, -0.15) is 0 Å². The second-order valence-corrected chi connectivity index (χ2v) is 6.26. The Morgan fingerprint density at radius 3 is 2.75 bits per heavy atom. The molecule has 2 rings (SSSR count). The van der Waals surface area contributed by atoms with E-state index in [-0.39, 0.29) is 0 Å². The van der Waals surface area contributed by atoms with Crippen molar-refractivity contribution in [2.75, 3.05) is 11.5 Å². The zero-order chi connectivity index (χ0) is 8.55. The lowest BCUT2D eigenvalue weighted by Gasteiger charge is -2.32. The molecule has 0 N–H and O–H groups in total. The third-order valence-electron chi connectivity index (χ3n) is 2.63. The zero-order valence-corrected chi connectivity index (χ0v) is 9.43. The van der Waals surface area contributed by atoms with Crippen LogP contribution in [0.3, 0.4) is 0 Å². The van der Waals surface area contributed by atoms with E-state index in [9.17, 15) is 0 Å². The summed E-state index contributed by atoms with van der Waals surface area (Å²) in [5.41, 5.74) is 0. The molecule has 0 saturated heterocycles. The molecule has 0 fully saturated rings. The van der Waals surface area contributed by atoms with Gasteiger partial charge in [-0.25, -0.2) is 0 Å². The van der Waals surface area contributed by atoms with Gasteiger partial charge in [0.05, 0.1) is 0 Å². The average molecular weight is 200 g/mol. The van der Waals surface area contributed by atoms with Gasteiger partial charge in [0, 0.05) is 11.5 Å². The van der Waals surface area contributed by atoms with Crippen molar-refractivity contribution >= 4 is 23.5 Å². The fourth-order valence-electron chi connectivity index (χ4n) is 2.16. The maximum Gasteiger partial charge on any atom is 0.00716 e. The minimum Gasteiger partial charge on any atom is -0.129 e. The predicted octanol–water partition coefficient (Wildman–Crippen LogP) is 3.74. The second-order valence-electron chi connectivity index (χ2n) is 3.93. The summed E-state index contributed by atoms with van der Waals surface area (Å²) in [5, 5.41) is 0. The molecule has 0 saturated carbocycles. The number of rotatable bonds is 0. The molecule has 2 aliphatic rings. The molecule has 0 spiro atoms. The largest absolute Gasteiger partial charge is 0.129 e. The molecule has 0 amide bonds. The first-order chi connectivity index (χ1) is 5.77. The van der Waals surface area contributed by atoms with Crippen LogP contribution < -0.4 is 0 Å². The summed E-state index contributed by atoms with van der Waals surface area (Å²) in [4.78, 5) is 3.45. The van der Waals surface area contributed by atoms with Crippen molar-refractivity contribution in [1.82, 2.24) is 0 Å². The van der Waals surface area contributed by atoms with E-state index in [1.807, 2.05) is 0 Å². The van der Waals surface area contributed by atoms with Gasteiger partial charge in [0.25, 0.3) is 0 Å². The minimum absolute atomic E-state index is 0.849. The molecule has 0 aromatic heterocycles. The Morgan fingerprint density at radius 2 is 1.92 bits per heavy atom. The molecule has 0 bridgehead atoms. The smallest absolute Gasteiger partial charge is 0.00716 e. The molecule has 1 aliphatic heterocycles. The summed E-state index contributed by atoms with van der Waals surface area (Å²) in [6, 6.07) is 0. The third-order valence-corrected chi connectivity index (χ3v) is 5.53. The third kappa shape index (κ3) is 1.69. The Labute approximate surface area is 83.6 Å². The number of thioether (sulfide) groups is 2. The lowest BCUT2D eigenvalue weighted by molar-refractivity contribution is 0.440. The Balaban J connectivity index is 2.20. The Hall–Kier alpha value is 0.440. The van der Waals surface area contributed by atoms with E-state index in [2.05, 4.69) is 37.4 Å². The highest BCUT2D eigenvalue weighted by Gasteiger charge is 2.26. The van der Waals surface area contributed by atoms with Crippen LogP contribution >= 0.6 is 23.5 Å². The molecule has 2 heteroatoms. The first-order valence-electron chi connectivity index (χ1n) is 4.76. The van der Waals surface area contributed by atoms with E-state index in [1.54, 1.807) is 9.81 Å². The minimum atomic E-state index is 0.849. The van der Waals surface area contributed by atoms with Gasteiger partial charge in [-0.15, -0.1) is 23.5 Å². The van der Waals surface area contributed by atoms with Gasteiger partial charge < -0.3 is 0 Å². The first-order valence-corrected chi connectivity index (χ1v) is 6.73. The average Bonchev–Trinajstić information content (AvgIpc) is 2.04. The Kier molecular flexibility index (Phi) is 2.75. The maximum absolute atomic E-state index is 2.39. The van der Waals surface area contributed by atoms with Crippen molar-refractivity contribution in [2.24, 2.45) is 11.8 Å². The van der Waals surface area contributed by atoms with Crippen LogP contribution in [0.2, 0.25) is 0 Å². The van der Waals surface area contributed by atoms with Crippen molar-refractivity contribution in [3.8, 4) is 0 Å². The first kappa shape index (κ1) is 9.01. The van der Waals surface area contributed by atoms with Crippen molar-refractivity contribution in [3.05, 3.63) is 9.81 Å². The quantitative estimate of drug-likeness (QED) is 0.584. The highest BCUT2D eigenvalue weighted by atomic mass is 32.2. The van der Waals surface area contributed by atoms with E-state index < -0.39 is 0 Å². The summed E-state index contributed by atoms with van der Waals surface area (Å²) >= 11 is 4.23. The fraction of sp³-hybridized carbons (Fsp3) is 0.800. The van der Waals surface area contributed by atoms with Crippen LogP contribution in [-0.4, -0.2) is 11.5 Å². The van der Waals surface area contributed by atoms with Crippen LogP contribution in [0.15, 0.2) is 9.81 Å². The van der Waals surface area contributed by atoms with Crippen LogP contribution in [0.25, 0.3) is 0 Å². The van der Waals surface area contributed by atoms with Gasteiger partial charge in [-0.1, -0.05) is 13.8 Å². The van der Waals surface area contributed by atoms with Gasteiger partial charge in [-0.05, 0) is 34.5 Å². The monoisotopic (exact) mass is 200 g/mol. The van der Waals surface area contributed by atoms with E-state index >= 15 is 0 Å². The standard InChI is InChI=1S/C10H16S2/c1-7-5-8(2)10-9(6-7)11-3-4-12-10/h7-8H,3-6H2,1-2H3. The summed E-state index contributed by atoms with van der Waals surface area (Å²) in [7, 11) is 0. The van der Waals surface area contributed by atoms with Crippen LogP contribution in [0.1, 0.15) is 26.7 Å². The number of hydrogen-bond acceptors (Lipinski definition) is 2. The van der Waals surface area contributed by atoms with Gasteiger partial charge in [0.2, 0.25) is 0 Å². The highest BCUT2D eigenvalue weighted by molar-refractivity contribution is 8.10. The van der Waals surface area contributed by atoms with Crippen LogP contribution in [0.4, 0.5) is 0 Å². The fourth-order valence-corrected chi connectivity index (χ4v) is 5.01. The predicted molar refractivity (Wildman–Crippen MR) is 59.5 cm³/mol. The Bertz CT molecular complexity index is 208. The molecule has 12 heavy (non-hydrogen) atoms. The topological polar surface area (TPSA) is 0 Å². The Morgan fingerprint density at radius 1 is 1.17 bits per heavy atom. The van der Waals surface area contributed by atoms with Crippen molar-refractivity contribution in [1.29, 1.82) is 0 Å². The molecule has 1 heterocycles. The molecule has 2 unspecified atom stereocenters. The van der Waals surface area contributed by atoms with Gasteiger partial charge >= 0.3 is 0 Å². The van der Waals surface area contributed by atoms with Gasteiger partial charge in [-0.3, -0.25) is 0 Å². The molecular weight excluding hydrogens is 184 g/mol. The van der Waals surface area contributed by atoms with Crippen molar-refractivity contribution in [2.45, 2.75) is 26.7 Å². The van der Waals surface area contributed by atoms with E-state index in [4.69, 9.17) is 0 Å². The number of allylic oxidation sites excluding steroid dienone is 2. The molecule has 0 aromatic carbocycles. The van der Waals surface area contributed by atoms with E-state index in [0.717, 1.165) is 11.8 Å². The van der Waals surface area contributed by atoms with Crippen LogP contribution in [0.5, 0.6) is 0 Å². The van der Waals surface area contributed by atoms with Crippen LogP contribution in [0, 0.1) is 11.8 Å². The molecule has 2 atom stereocenters. The van der Waals surface area contributed by atoms with E-state index in [1.165, 1.54) is 24.3 Å². The summed E-state index contributed by atoms with van der Waals surface area (Å²) < 4.78 is 0. The lowest BCUT2D eigenvalue weighted by Crippen LogP contribution is -2.16. The molecule has 0 aromatic rings. The summed E-state index contributed by atoms with van der Waals surface area (Å²) in [6.07, 6.45) is 2.77. The molecule has 68 valence electrons. The van der Waals surface area contributed by atoms with Crippen molar-refractivity contribution < 1.29 is 0 Å². The molecule has 0 radical (unpaired) electrons. The molecular formula is C10H16S2. The van der Waals surface area contributed by atoms with Gasteiger partial charge in [0.15, 0.2) is 0 Å². The summed E-state index contributed by atoms with van der Waals surface area (Å²) in [5.74, 6) is 4.44. The lowest BCUT2D eigenvalue weighted by atomic mass is 9.89. The molecule has 0 nitrogen and oxygen atoms in total. The SMILES string of the molecule is CC1CC2=C(SCCS2)C(C)C1. The van der Waals surface area contributed by atoms with E-state index in [0.29, 0.717) is 0 Å². The second kappa shape index (κ2) is 3.67. The van der Waals surface area contributed by atoms with Gasteiger partial charge in [0.1, 0.15) is 0 Å². The molecule has 1 aliphatic carbocycles. The van der Waals surface area contributed by atoms with Crippen molar-refractivity contribution in [3.63, 3.8) is 0 Å². The normalized spacial score (nSPS) is 36.5. The zero-order valence-electron chi connectivity index (χ0n) is 7.80. The highest BCUT2D eigenvalue weighted by Crippen LogP contribution is 2.47.